The molecule has 8 heteroatoms. The van der Waals surface area contributed by atoms with Crippen molar-refractivity contribution in [1.29, 1.82) is 0 Å². The third-order valence-corrected chi connectivity index (χ3v) is 1.17. The summed E-state index contributed by atoms with van der Waals surface area (Å²) in [5.41, 5.74) is 0. The Morgan fingerprint density at radius 2 is 1.87 bits per heavy atom. The fourth-order valence-corrected chi connectivity index (χ4v) is 0.413. The van der Waals surface area contributed by atoms with E-state index in [1.165, 1.54) is 0 Å². The maximum Gasteiger partial charge on any atom is 1.00 e. The van der Waals surface area contributed by atoms with Crippen LogP contribution in [0.25, 0.3) is 0 Å². The SMILES string of the molecule is CC(OOC(=O)CCC(=O)[O-])C(=O)O.[Na+]. The molecule has 0 saturated carbocycles. The van der Waals surface area contributed by atoms with Crippen LogP contribution in [0, 0.1) is 0 Å². The van der Waals surface area contributed by atoms with Gasteiger partial charge in [-0.15, -0.1) is 0 Å². The second-order valence-electron chi connectivity index (χ2n) is 2.40. The quantitative estimate of drug-likeness (QED) is 0.277. The van der Waals surface area contributed by atoms with Gasteiger partial charge in [0.05, 0.1) is 6.42 Å². The molecule has 7 nitrogen and oxygen atoms in total. The molecule has 15 heavy (non-hydrogen) atoms. The monoisotopic (exact) mass is 228 g/mol. The maximum atomic E-state index is 10.6. The Morgan fingerprint density at radius 3 is 2.27 bits per heavy atom. The molecule has 0 aromatic carbocycles. The molecule has 1 unspecified atom stereocenters. The van der Waals surface area contributed by atoms with Gasteiger partial charge in [-0.3, -0.25) is 4.89 Å². The van der Waals surface area contributed by atoms with E-state index in [0.29, 0.717) is 0 Å². The van der Waals surface area contributed by atoms with Crippen molar-refractivity contribution >= 4 is 17.9 Å². The fourth-order valence-electron chi connectivity index (χ4n) is 0.413. The summed E-state index contributed by atoms with van der Waals surface area (Å²) in [5, 5.41) is 18.2. The van der Waals surface area contributed by atoms with Crippen molar-refractivity contribution < 1.29 is 63.9 Å². The van der Waals surface area contributed by atoms with Gasteiger partial charge in [0.15, 0.2) is 6.10 Å². The molecule has 0 aliphatic carbocycles. The number of carboxylic acid groups (broad SMARTS) is 2. The first kappa shape index (κ1) is 16.8. The zero-order valence-corrected chi connectivity index (χ0v) is 10.4. The van der Waals surface area contributed by atoms with Crippen molar-refractivity contribution in [3.05, 3.63) is 0 Å². The van der Waals surface area contributed by atoms with Gasteiger partial charge in [0.2, 0.25) is 0 Å². The third kappa shape index (κ3) is 9.67. The van der Waals surface area contributed by atoms with Gasteiger partial charge in [0.1, 0.15) is 0 Å². The van der Waals surface area contributed by atoms with Crippen molar-refractivity contribution in [2.24, 2.45) is 0 Å². The first-order valence-electron chi connectivity index (χ1n) is 3.72. The predicted octanol–water partition coefficient (Wildman–Crippen LogP) is -4.53. The van der Waals surface area contributed by atoms with Crippen LogP contribution >= 0.6 is 0 Å². The first-order valence-corrected chi connectivity index (χ1v) is 3.72. The van der Waals surface area contributed by atoms with E-state index in [1.54, 1.807) is 0 Å². The Morgan fingerprint density at radius 1 is 1.33 bits per heavy atom. The van der Waals surface area contributed by atoms with Gasteiger partial charge >= 0.3 is 41.5 Å². The van der Waals surface area contributed by atoms with Crippen LogP contribution < -0.4 is 34.7 Å². The Balaban J connectivity index is 0. The molecule has 0 saturated heterocycles. The molecule has 0 bridgehead atoms. The molecule has 0 rings (SSSR count). The summed E-state index contributed by atoms with van der Waals surface area (Å²) in [4.78, 5) is 38.8. The Kier molecular flexibility index (Phi) is 9.69. The average Bonchev–Trinajstić information content (AvgIpc) is 2.10. The standard InChI is InChI=1S/C7H10O7.Na/c1-4(7(11)12)13-14-6(10)3-2-5(8)9;/h4H,2-3H2,1H3,(H,8,9)(H,11,12);/q;+1/p-1. The van der Waals surface area contributed by atoms with Gasteiger partial charge in [0, 0.05) is 5.97 Å². The van der Waals surface area contributed by atoms with Crippen LogP contribution in [-0.4, -0.2) is 29.1 Å². The summed E-state index contributed by atoms with van der Waals surface area (Å²) >= 11 is 0. The Labute approximate surface area is 108 Å². The number of hydrogen-bond donors (Lipinski definition) is 1. The van der Waals surface area contributed by atoms with Crippen LogP contribution in [-0.2, 0) is 24.2 Å². The van der Waals surface area contributed by atoms with E-state index in [1.807, 2.05) is 0 Å². The van der Waals surface area contributed by atoms with Crippen LogP contribution in [0.1, 0.15) is 19.8 Å². The van der Waals surface area contributed by atoms with E-state index in [2.05, 4.69) is 9.78 Å². The largest absolute Gasteiger partial charge is 1.00 e. The summed E-state index contributed by atoms with van der Waals surface area (Å²) in [5.74, 6) is -3.65. The molecule has 1 atom stereocenters. The van der Waals surface area contributed by atoms with Crippen LogP contribution in [0.3, 0.4) is 0 Å². The molecule has 0 radical (unpaired) electrons. The van der Waals surface area contributed by atoms with Crippen LogP contribution in [0.2, 0.25) is 0 Å². The van der Waals surface area contributed by atoms with E-state index >= 15 is 0 Å². The van der Waals surface area contributed by atoms with Crippen LogP contribution in [0.4, 0.5) is 0 Å². The van der Waals surface area contributed by atoms with E-state index in [0.717, 1.165) is 6.92 Å². The smallest absolute Gasteiger partial charge is 0.550 e. The Bertz CT molecular complexity index is 239. The molecule has 0 aromatic rings. The van der Waals surface area contributed by atoms with Gasteiger partial charge in [-0.1, -0.05) is 0 Å². The maximum absolute atomic E-state index is 10.6. The summed E-state index contributed by atoms with van der Waals surface area (Å²) in [6.45, 7) is 1.16. The molecule has 0 spiro atoms. The van der Waals surface area contributed by atoms with Crippen molar-refractivity contribution in [1.82, 2.24) is 0 Å². The van der Waals surface area contributed by atoms with Crippen molar-refractivity contribution in [2.75, 3.05) is 0 Å². The molecule has 0 heterocycles. The van der Waals surface area contributed by atoms with Gasteiger partial charge in [-0.05, 0) is 13.3 Å². The van der Waals surface area contributed by atoms with Crippen molar-refractivity contribution in [3.63, 3.8) is 0 Å². The third-order valence-electron chi connectivity index (χ3n) is 1.17. The molecular formula is C7H9NaO7. The number of carboxylic acids is 2. The van der Waals surface area contributed by atoms with Crippen molar-refractivity contribution in [2.45, 2.75) is 25.9 Å². The number of carbonyl (C=O) groups excluding carboxylic acids is 2. The van der Waals surface area contributed by atoms with Crippen LogP contribution in [0.5, 0.6) is 0 Å². The van der Waals surface area contributed by atoms with E-state index < -0.39 is 36.9 Å². The van der Waals surface area contributed by atoms with E-state index in [9.17, 15) is 19.5 Å². The number of hydrogen-bond acceptors (Lipinski definition) is 6. The van der Waals surface area contributed by atoms with Gasteiger partial charge in [0.25, 0.3) is 0 Å². The molecule has 0 aliphatic rings. The first-order chi connectivity index (χ1) is 6.43. The minimum atomic E-state index is -1.40. The van der Waals surface area contributed by atoms with Gasteiger partial charge in [-0.2, -0.15) is 4.89 Å². The fraction of sp³-hybridized carbons (Fsp3) is 0.571. The zero-order valence-electron chi connectivity index (χ0n) is 8.39. The van der Waals surface area contributed by atoms with E-state index in [-0.39, 0.29) is 29.6 Å². The topological polar surface area (TPSA) is 113 Å². The zero-order chi connectivity index (χ0) is 11.1. The minimum Gasteiger partial charge on any atom is -0.550 e. The van der Waals surface area contributed by atoms with Crippen molar-refractivity contribution in [3.8, 4) is 0 Å². The van der Waals surface area contributed by atoms with Crippen LogP contribution in [0.15, 0.2) is 0 Å². The van der Waals surface area contributed by atoms with E-state index in [4.69, 9.17) is 5.11 Å². The molecular weight excluding hydrogens is 219 g/mol. The molecule has 0 aliphatic heterocycles. The predicted molar refractivity (Wildman–Crippen MR) is 38.5 cm³/mol. The molecule has 0 fully saturated rings. The second kappa shape index (κ2) is 8.66. The summed E-state index contributed by atoms with van der Waals surface area (Å²) in [6.07, 6.45) is -2.21. The number of rotatable bonds is 6. The molecule has 0 aromatic heterocycles. The summed E-state index contributed by atoms with van der Waals surface area (Å²) in [6, 6.07) is 0. The Hall–Kier alpha value is -0.630. The second-order valence-corrected chi connectivity index (χ2v) is 2.40. The van der Waals surface area contributed by atoms with Gasteiger partial charge in [-0.25, -0.2) is 9.59 Å². The minimum absolute atomic E-state index is 0. The average molecular weight is 228 g/mol. The van der Waals surface area contributed by atoms with Gasteiger partial charge < -0.3 is 15.0 Å². The summed E-state index contributed by atoms with van der Waals surface area (Å²) in [7, 11) is 0. The number of carbonyl (C=O) groups is 3. The molecule has 1 N–H and O–H groups in total. The molecule has 0 amide bonds. The summed E-state index contributed by atoms with van der Waals surface area (Å²) < 4.78 is 0. The normalized spacial score (nSPS) is 11.0. The number of aliphatic carboxylic acids is 2. The molecule has 80 valence electrons.